The predicted molar refractivity (Wildman–Crippen MR) is 108 cm³/mol. The molecule has 38 heavy (non-hydrogen) atoms. The smallest absolute Gasteiger partial charge is 0.386 e. The second kappa shape index (κ2) is 8.04. The summed E-state index contributed by atoms with van der Waals surface area (Å²) in [5.74, 6) is -18.1. The summed E-state index contributed by atoms with van der Waals surface area (Å²) in [6, 6.07) is 3.34. The predicted octanol–water partition coefficient (Wildman–Crippen LogP) is 5.36. The Balaban J connectivity index is 1.99. The van der Waals surface area contributed by atoms with Gasteiger partial charge < -0.3 is 4.74 Å². The second-order valence-corrected chi connectivity index (χ2v) is 8.41. The van der Waals surface area contributed by atoms with Gasteiger partial charge >= 0.3 is 18.1 Å². The molecule has 3 aromatic rings. The Morgan fingerprint density at radius 2 is 1.03 bits per heavy atom. The van der Waals surface area contributed by atoms with Crippen molar-refractivity contribution in [2.75, 3.05) is 0 Å². The molecule has 3 aromatic carbocycles. The van der Waals surface area contributed by atoms with Crippen molar-refractivity contribution in [3.63, 3.8) is 0 Å². The van der Waals surface area contributed by atoms with Gasteiger partial charge in [-0.15, -0.1) is 0 Å². The molecule has 5 rings (SSSR count). The molecule has 194 valence electrons. The van der Waals surface area contributed by atoms with Crippen LogP contribution in [0.25, 0.3) is 0 Å². The molecule has 0 N–H and O–H groups in total. The summed E-state index contributed by atoms with van der Waals surface area (Å²) in [5, 5.41) is 0. The van der Waals surface area contributed by atoms with E-state index < -0.39 is 104 Å². The lowest BCUT2D eigenvalue weighted by Crippen LogP contribution is -2.46. The molecular formula is C25H8F8O5. The zero-order valence-electron chi connectivity index (χ0n) is 18.2. The van der Waals surface area contributed by atoms with Gasteiger partial charge in [-0.25, -0.2) is 31.5 Å². The minimum atomic E-state index is -5.91. The van der Waals surface area contributed by atoms with Crippen molar-refractivity contribution in [2.24, 2.45) is 0 Å². The number of benzene rings is 3. The van der Waals surface area contributed by atoms with E-state index in [4.69, 9.17) is 0 Å². The average molecular weight is 540 g/mol. The number of halogens is 8. The number of carbonyl (C=O) groups excluding carboxylic acids is 4. The highest BCUT2D eigenvalue weighted by atomic mass is 19.4. The average Bonchev–Trinajstić information content (AvgIpc) is 3.31. The fourth-order valence-electron chi connectivity index (χ4n) is 4.76. The van der Waals surface area contributed by atoms with Crippen LogP contribution >= 0.6 is 0 Å². The van der Waals surface area contributed by atoms with Crippen LogP contribution in [-0.4, -0.2) is 29.7 Å². The van der Waals surface area contributed by atoms with Crippen LogP contribution in [0.1, 0.15) is 64.5 Å². The van der Waals surface area contributed by atoms with Crippen LogP contribution in [0.3, 0.4) is 0 Å². The van der Waals surface area contributed by atoms with E-state index in [2.05, 4.69) is 4.74 Å². The van der Waals surface area contributed by atoms with Crippen molar-refractivity contribution in [2.45, 2.75) is 18.0 Å². The monoisotopic (exact) mass is 540 g/mol. The van der Waals surface area contributed by atoms with Crippen molar-refractivity contribution in [3.05, 3.63) is 104 Å². The van der Waals surface area contributed by atoms with Gasteiger partial charge in [0.15, 0.2) is 34.8 Å². The summed E-state index contributed by atoms with van der Waals surface area (Å²) >= 11 is 0. The Labute approximate surface area is 205 Å². The van der Waals surface area contributed by atoms with Crippen LogP contribution in [0.2, 0.25) is 0 Å². The van der Waals surface area contributed by atoms with E-state index in [0.29, 0.717) is 30.3 Å². The number of hydrogen-bond acceptors (Lipinski definition) is 5. The lowest BCUT2D eigenvalue weighted by atomic mass is 9.67. The normalized spacial score (nSPS) is 16.4. The van der Waals surface area contributed by atoms with Gasteiger partial charge in [-0.05, 0) is 29.3 Å². The molecule has 1 unspecified atom stereocenters. The molecule has 0 fully saturated rings. The van der Waals surface area contributed by atoms with Gasteiger partial charge in [0, 0.05) is 11.1 Å². The van der Waals surface area contributed by atoms with E-state index >= 15 is 22.0 Å². The molecule has 1 atom stereocenters. The third-order valence-corrected chi connectivity index (χ3v) is 6.46. The SMILES string of the molecule is O=C1CC(=O)c2cc(C(c3ccc4c(c3)C(=O)OC4=O)(c3c(F)c(F)c(F)c(F)c3F)C(F)(F)F)ccc21. The number of alkyl halides is 3. The molecule has 0 amide bonds. The molecule has 0 spiro atoms. The molecule has 13 heteroatoms. The van der Waals surface area contributed by atoms with Gasteiger partial charge in [0.05, 0.1) is 23.1 Å². The summed E-state index contributed by atoms with van der Waals surface area (Å²) in [5.41, 5.74) is -11.2. The van der Waals surface area contributed by atoms with E-state index in [0.717, 1.165) is 6.07 Å². The number of Topliss-reactive ketones (excluding diaryl/α,β-unsaturated/α-hetero) is 2. The lowest BCUT2D eigenvalue weighted by Gasteiger charge is -2.38. The van der Waals surface area contributed by atoms with Crippen LogP contribution in [0.5, 0.6) is 0 Å². The van der Waals surface area contributed by atoms with Crippen molar-refractivity contribution in [1.82, 2.24) is 0 Å². The Kier molecular flexibility index (Phi) is 5.34. The van der Waals surface area contributed by atoms with Gasteiger partial charge in [0.2, 0.25) is 5.82 Å². The van der Waals surface area contributed by atoms with Crippen LogP contribution in [0, 0.1) is 29.1 Å². The fourth-order valence-corrected chi connectivity index (χ4v) is 4.76. The molecule has 0 radical (unpaired) electrons. The summed E-state index contributed by atoms with van der Waals surface area (Å²) in [4.78, 5) is 48.2. The van der Waals surface area contributed by atoms with E-state index in [1.807, 2.05) is 0 Å². The van der Waals surface area contributed by atoms with Crippen molar-refractivity contribution in [3.8, 4) is 0 Å². The quantitative estimate of drug-likeness (QED) is 0.112. The van der Waals surface area contributed by atoms with E-state index in [9.17, 15) is 32.3 Å². The zero-order chi connectivity index (χ0) is 27.9. The van der Waals surface area contributed by atoms with Gasteiger partial charge in [0.1, 0.15) is 5.41 Å². The Morgan fingerprint density at radius 1 is 0.579 bits per heavy atom. The maximum absolute atomic E-state index is 15.2. The van der Waals surface area contributed by atoms with Gasteiger partial charge in [-0.1, -0.05) is 18.2 Å². The minimum Gasteiger partial charge on any atom is -0.386 e. The highest BCUT2D eigenvalue weighted by Crippen LogP contribution is 2.54. The highest BCUT2D eigenvalue weighted by Gasteiger charge is 2.62. The van der Waals surface area contributed by atoms with Crippen molar-refractivity contribution >= 4 is 23.5 Å². The standard InChI is InChI=1S/C25H8F8O5/c26-17-16(18(27)20(29)21(30)19(17)28)24(25(31,32)33,8-1-3-10-12(5-8)15(35)7-14(10)34)9-2-4-11-13(6-9)23(37)38-22(11)36/h1-6H,7H2. The summed E-state index contributed by atoms with van der Waals surface area (Å²) in [6.45, 7) is 0. The first-order valence-corrected chi connectivity index (χ1v) is 10.4. The van der Waals surface area contributed by atoms with Crippen LogP contribution in [-0.2, 0) is 10.2 Å². The Morgan fingerprint density at radius 3 is 1.58 bits per heavy atom. The molecule has 0 saturated carbocycles. The summed E-state index contributed by atoms with van der Waals surface area (Å²) < 4.78 is 123. The third-order valence-electron chi connectivity index (χ3n) is 6.46. The highest BCUT2D eigenvalue weighted by molar-refractivity contribution is 6.24. The van der Waals surface area contributed by atoms with Gasteiger partial charge in [0.25, 0.3) is 0 Å². The molecule has 2 aliphatic rings. The first-order valence-electron chi connectivity index (χ1n) is 10.4. The van der Waals surface area contributed by atoms with E-state index in [1.165, 1.54) is 0 Å². The van der Waals surface area contributed by atoms with Crippen molar-refractivity contribution in [1.29, 1.82) is 0 Å². The topological polar surface area (TPSA) is 77.5 Å². The van der Waals surface area contributed by atoms with Crippen LogP contribution in [0.15, 0.2) is 36.4 Å². The maximum Gasteiger partial charge on any atom is 0.406 e. The number of ether oxygens (including phenoxy) is 1. The third kappa shape index (κ3) is 3.17. The number of ketones is 2. The first kappa shape index (κ1) is 25.2. The number of esters is 2. The zero-order valence-corrected chi connectivity index (χ0v) is 18.2. The van der Waals surface area contributed by atoms with Crippen LogP contribution in [0.4, 0.5) is 35.1 Å². The molecule has 5 nitrogen and oxygen atoms in total. The fraction of sp³-hybridized carbons (Fsp3) is 0.120. The van der Waals surface area contributed by atoms with Gasteiger partial charge in [-0.3, -0.25) is 9.59 Å². The molecule has 1 heterocycles. The minimum absolute atomic E-state index is 0.310. The maximum atomic E-state index is 15.2. The number of cyclic esters (lactones) is 2. The lowest BCUT2D eigenvalue weighted by molar-refractivity contribution is -0.168. The molecule has 1 aliphatic carbocycles. The van der Waals surface area contributed by atoms with E-state index in [1.54, 1.807) is 0 Å². The molecular weight excluding hydrogens is 532 g/mol. The Hall–Kier alpha value is -4.42. The van der Waals surface area contributed by atoms with E-state index in [-0.39, 0.29) is 5.56 Å². The Bertz CT molecular complexity index is 1530. The largest absolute Gasteiger partial charge is 0.406 e. The summed E-state index contributed by atoms with van der Waals surface area (Å²) in [6.07, 6.45) is -6.63. The number of fused-ring (bicyclic) bond motifs is 2. The molecule has 1 aliphatic heterocycles. The molecule has 0 aromatic heterocycles. The van der Waals surface area contributed by atoms with Crippen molar-refractivity contribution < 1.29 is 59.0 Å². The van der Waals surface area contributed by atoms with Crippen LogP contribution < -0.4 is 0 Å². The number of rotatable bonds is 3. The first-order chi connectivity index (χ1) is 17.7. The molecule has 0 saturated heterocycles. The second-order valence-electron chi connectivity index (χ2n) is 8.41. The van der Waals surface area contributed by atoms with Gasteiger partial charge in [-0.2, -0.15) is 13.2 Å². The number of carbonyl (C=O) groups is 4. The summed E-state index contributed by atoms with van der Waals surface area (Å²) in [7, 11) is 0. The molecule has 0 bridgehead atoms. The number of hydrogen-bond donors (Lipinski definition) is 0.